The van der Waals surface area contributed by atoms with E-state index in [0.29, 0.717) is 34.6 Å². The summed E-state index contributed by atoms with van der Waals surface area (Å²) >= 11 is 6.11. The van der Waals surface area contributed by atoms with E-state index in [4.69, 9.17) is 25.8 Å². The molecule has 4 aromatic rings. The Labute approximate surface area is 307 Å². The van der Waals surface area contributed by atoms with Crippen molar-refractivity contribution in [2.45, 2.75) is 56.8 Å². The van der Waals surface area contributed by atoms with Gasteiger partial charge in [-0.2, -0.15) is 0 Å². The van der Waals surface area contributed by atoms with Crippen LogP contribution in [0.2, 0.25) is 5.02 Å². The van der Waals surface area contributed by atoms with E-state index in [1.54, 1.807) is 78.6 Å². The molecule has 1 fully saturated rings. The van der Waals surface area contributed by atoms with Crippen molar-refractivity contribution in [2.75, 3.05) is 19.8 Å². The molecule has 2 aliphatic heterocycles. The van der Waals surface area contributed by atoms with E-state index in [1.807, 2.05) is 36.4 Å². The van der Waals surface area contributed by atoms with Crippen LogP contribution in [0.15, 0.2) is 103 Å². The van der Waals surface area contributed by atoms with E-state index >= 15 is 0 Å². The molecule has 11 nitrogen and oxygen atoms in total. The highest BCUT2D eigenvalue weighted by molar-refractivity contribution is 6.30. The molecule has 270 valence electrons. The standard InChI is InChI=1S/C40H41ClN4O7/c1-26(24-50-35-18-7-8-19-36(35)52-30-15-9-13-28(41)22-30)42-39(48)32-23-37(46)43-33(21-27-11-3-2-4-12-27)40(49)45-20-10-14-29(45)25-51-34-17-6-5-16-31(34)38(47)44-32/h2-9,11-13,15-19,22,26,29,32-33H,10,14,20-21,23-25H2,1H3,(H,42,48)(H,43,46)(H,44,47)/t26-,29-,32+,33+/m1/s1. The summed E-state index contributed by atoms with van der Waals surface area (Å²) < 4.78 is 18.2. The molecule has 4 atom stereocenters. The molecule has 52 heavy (non-hydrogen) atoms. The van der Waals surface area contributed by atoms with Gasteiger partial charge in [-0.05, 0) is 67.8 Å². The molecule has 2 heterocycles. The normalized spacial score (nSPS) is 19.8. The number of fused-ring (bicyclic) bond motifs is 2. The van der Waals surface area contributed by atoms with Crippen LogP contribution in [0.25, 0.3) is 0 Å². The fourth-order valence-corrected chi connectivity index (χ4v) is 6.49. The molecule has 1 saturated heterocycles. The van der Waals surface area contributed by atoms with Crippen LogP contribution >= 0.6 is 11.6 Å². The van der Waals surface area contributed by atoms with E-state index in [-0.39, 0.29) is 37.1 Å². The second-order valence-corrected chi connectivity index (χ2v) is 13.3. The van der Waals surface area contributed by atoms with Gasteiger partial charge >= 0.3 is 0 Å². The van der Waals surface area contributed by atoms with E-state index < -0.39 is 42.3 Å². The zero-order valence-corrected chi connectivity index (χ0v) is 29.5. The van der Waals surface area contributed by atoms with Gasteiger partial charge in [0.15, 0.2) is 11.5 Å². The third-order valence-corrected chi connectivity index (χ3v) is 9.14. The topological polar surface area (TPSA) is 135 Å². The number of carbonyl (C=O) groups excluding carboxylic acids is 4. The van der Waals surface area contributed by atoms with Crippen LogP contribution in [-0.4, -0.2) is 72.5 Å². The summed E-state index contributed by atoms with van der Waals surface area (Å²) in [6.45, 7) is 2.50. The first kappa shape index (κ1) is 36.2. The van der Waals surface area contributed by atoms with Crippen molar-refractivity contribution in [1.29, 1.82) is 0 Å². The summed E-state index contributed by atoms with van der Waals surface area (Å²) in [6, 6.07) is 27.3. The lowest BCUT2D eigenvalue weighted by Crippen LogP contribution is -2.55. The van der Waals surface area contributed by atoms with Gasteiger partial charge in [-0.25, -0.2) is 0 Å². The van der Waals surface area contributed by atoms with Crippen LogP contribution in [0.4, 0.5) is 0 Å². The Hall–Kier alpha value is -5.55. The number of ether oxygens (including phenoxy) is 3. The SMILES string of the molecule is C[C@H](COc1ccccc1Oc1cccc(Cl)c1)NC(=O)[C@@H]1CC(=O)N[C@@H](Cc2ccccc2)C(=O)N2CCC[C@@H]2COc2ccccc2C(=O)N1. The molecule has 0 saturated carbocycles. The van der Waals surface area contributed by atoms with Crippen molar-refractivity contribution in [2.24, 2.45) is 0 Å². The largest absolute Gasteiger partial charge is 0.491 e. The van der Waals surface area contributed by atoms with Crippen molar-refractivity contribution in [3.63, 3.8) is 0 Å². The minimum Gasteiger partial charge on any atom is -0.491 e. The van der Waals surface area contributed by atoms with Crippen LogP contribution < -0.4 is 30.2 Å². The smallest absolute Gasteiger partial charge is 0.255 e. The van der Waals surface area contributed by atoms with Crippen LogP contribution in [-0.2, 0) is 20.8 Å². The van der Waals surface area contributed by atoms with Crippen molar-refractivity contribution < 1.29 is 33.4 Å². The number of hydrogen-bond donors (Lipinski definition) is 3. The van der Waals surface area contributed by atoms with Gasteiger partial charge in [0.05, 0.1) is 24.1 Å². The number of nitrogens with one attached hydrogen (secondary N) is 3. The molecule has 0 aliphatic carbocycles. The maximum atomic E-state index is 14.0. The Morgan fingerprint density at radius 1 is 0.942 bits per heavy atom. The molecule has 4 aromatic carbocycles. The Morgan fingerprint density at radius 3 is 2.50 bits per heavy atom. The maximum absolute atomic E-state index is 14.0. The lowest BCUT2D eigenvalue weighted by molar-refractivity contribution is -0.138. The second kappa shape index (κ2) is 17.1. The predicted octanol–water partition coefficient (Wildman–Crippen LogP) is 5.32. The van der Waals surface area contributed by atoms with Gasteiger partial charge < -0.3 is 35.1 Å². The van der Waals surface area contributed by atoms with Gasteiger partial charge in [0.2, 0.25) is 17.7 Å². The molecule has 6 rings (SSSR count). The number of hydrogen-bond acceptors (Lipinski definition) is 7. The van der Waals surface area contributed by atoms with Crippen molar-refractivity contribution in [3.05, 3.63) is 119 Å². The van der Waals surface area contributed by atoms with Gasteiger partial charge in [0.25, 0.3) is 5.91 Å². The number of rotatable bonds is 9. The van der Waals surface area contributed by atoms with Crippen LogP contribution in [0.1, 0.15) is 42.1 Å². The zero-order chi connectivity index (χ0) is 36.5. The first-order chi connectivity index (χ1) is 25.2. The van der Waals surface area contributed by atoms with Crippen molar-refractivity contribution >= 4 is 35.2 Å². The first-order valence-electron chi connectivity index (χ1n) is 17.4. The van der Waals surface area contributed by atoms with E-state index in [2.05, 4.69) is 16.0 Å². The number of halogens is 1. The number of nitrogens with zero attached hydrogens (tertiary/aromatic N) is 1. The third kappa shape index (κ3) is 9.41. The average Bonchev–Trinajstić information content (AvgIpc) is 3.61. The van der Waals surface area contributed by atoms with Crippen LogP contribution in [0, 0.1) is 0 Å². The summed E-state index contributed by atoms with van der Waals surface area (Å²) in [5.74, 6) is -0.184. The van der Waals surface area contributed by atoms with E-state index in [9.17, 15) is 19.2 Å². The molecule has 3 N–H and O–H groups in total. The third-order valence-electron chi connectivity index (χ3n) is 8.90. The number of benzene rings is 4. The highest BCUT2D eigenvalue weighted by Gasteiger charge is 2.36. The first-order valence-corrected chi connectivity index (χ1v) is 17.7. The van der Waals surface area contributed by atoms with Crippen LogP contribution in [0.5, 0.6) is 23.0 Å². The minimum absolute atomic E-state index is 0.0514. The second-order valence-electron chi connectivity index (χ2n) is 12.9. The van der Waals surface area contributed by atoms with Gasteiger partial charge in [-0.15, -0.1) is 0 Å². The Balaban J connectivity index is 1.19. The number of carbonyl (C=O) groups is 4. The van der Waals surface area contributed by atoms with E-state index in [1.165, 1.54) is 0 Å². The Morgan fingerprint density at radius 2 is 1.69 bits per heavy atom. The fraction of sp³-hybridized carbons (Fsp3) is 0.300. The summed E-state index contributed by atoms with van der Waals surface area (Å²) in [5.41, 5.74) is 1.09. The molecule has 4 amide bonds. The molecule has 0 radical (unpaired) electrons. The Kier molecular flexibility index (Phi) is 11.9. The summed E-state index contributed by atoms with van der Waals surface area (Å²) in [5, 5.41) is 9.01. The monoisotopic (exact) mass is 724 g/mol. The van der Waals surface area contributed by atoms with Gasteiger partial charge in [0.1, 0.15) is 36.8 Å². The maximum Gasteiger partial charge on any atom is 0.255 e. The number of amides is 4. The lowest BCUT2D eigenvalue weighted by atomic mass is 10.0. The van der Waals surface area contributed by atoms with Gasteiger partial charge in [-0.3, -0.25) is 19.2 Å². The lowest BCUT2D eigenvalue weighted by Gasteiger charge is -2.30. The highest BCUT2D eigenvalue weighted by atomic mass is 35.5. The molecule has 0 aromatic heterocycles. The molecule has 0 spiro atoms. The minimum atomic E-state index is -1.28. The van der Waals surface area contributed by atoms with Crippen LogP contribution in [0.3, 0.4) is 0 Å². The summed E-state index contributed by atoms with van der Waals surface area (Å²) in [6.07, 6.45) is 1.38. The molecule has 12 heteroatoms. The average molecular weight is 725 g/mol. The highest BCUT2D eigenvalue weighted by Crippen LogP contribution is 2.32. The van der Waals surface area contributed by atoms with Gasteiger partial charge in [0, 0.05) is 18.0 Å². The van der Waals surface area contributed by atoms with E-state index in [0.717, 1.165) is 18.4 Å². The quantitative estimate of drug-likeness (QED) is 0.213. The Bertz CT molecular complexity index is 1890. The molecule has 0 unspecified atom stereocenters. The molecule has 0 bridgehead atoms. The fourth-order valence-electron chi connectivity index (χ4n) is 6.31. The zero-order valence-electron chi connectivity index (χ0n) is 28.8. The summed E-state index contributed by atoms with van der Waals surface area (Å²) in [7, 11) is 0. The van der Waals surface area contributed by atoms with Gasteiger partial charge in [-0.1, -0.05) is 72.3 Å². The van der Waals surface area contributed by atoms with Crippen molar-refractivity contribution in [1.82, 2.24) is 20.9 Å². The number of para-hydroxylation sites is 3. The molecule has 2 aliphatic rings. The molecular weight excluding hydrogens is 684 g/mol. The molecular formula is C40H41ClN4O7. The van der Waals surface area contributed by atoms with Crippen molar-refractivity contribution in [3.8, 4) is 23.0 Å². The predicted molar refractivity (Wildman–Crippen MR) is 196 cm³/mol. The summed E-state index contributed by atoms with van der Waals surface area (Å²) in [4.78, 5) is 56.9.